The Morgan fingerprint density at radius 1 is 0.500 bits per heavy atom. The van der Waals surface area contributed by atoms with E-state index in [9.17, 15) is 48.9 Å². The van der Waals surface area contributed by atoms with Crippen LogP contribution in [0.2, 0.25) is 0 Å². The summed E-state index contributed by atoms with van der Waals surface area (Å²) in [6.07, 6.45) is 17.9. The van der Waals surface area contributed by atoms with Gasteiger partial charge in [0.25, 0.3) is 35.4 Å². The number of fused-ring (bicyclic) bond motifs is 16. The van der Waals surface area contributed by atoms with E-state index < -0.39 is 69.4 Å². The van der Waals surface area contributed by atoms with E-state index in [4.69, 9.17) is 73.2 Å². The number of hydrogen-bond acceptors (Lipinski definition) is 28. The quantitative estimate of drug-likeness (QED) is 0.0544. The molecule has 20 rings (SSSR count). The van der Waals surface area contributed by atoms with Crippen LogP contribution in [-0.2, 0) is 73.9 Å². The number of amides is 8. The minimum atomic E-state index is -1.24. The molecule has 4 aliphatic carbocycles. The van der Waals surface area contributed by atoms with Gasteiger partial charge in [0.1, 0.15) is 111 Å². The van der Waals surface area contributed by atoms with Crippen LogP contribution >= 0.6 is 93.7 Å². The monoisotopic (exact) mass is 1800 g/mol. The summed E-state index contributed by atoms with van der Waals surface area (Å²) in [5.41, 5.74) is 2.50. The minimum absolute atomic E-state index is 0.00514. The second-order valence-corrected chi connectivity index (χ2v) is 40.9. The normalized spacial score (nSPS) is 24.6. The SMILES string of the molecule is CCN1C(=O)/C(=C\c2nc3c(s2)-c2cc4c(cc2OC32CCCC(C3CCCC5(C3)Oc3cc6c(cc3-c3sc(/C=C7/C(=O)N(C(=O)OCc8ccccc8)C(=O)C(C#N)=C7C)nc35)OC3(CCCCC3)c3nc(/C=C5/C(=O)N(C(=O)OCc7ccccc7)C(=O)C(C#N)=C5C)sc3-6)C2)-c2sc(/C=C3/SC(S)N(CC)C3=O)nc2C2(CCCCC2)O4)SC1=S. The molecule has 0 N–H and O–H groups in total. The third kappa shape index (κ3) is 13.6. The van der Waals surface area contributed by atoms with Crippen molar-refractivity contribution < 1.29 is 66.8 Å². The molecule has 12 aliphatic rings. The van der Waals surface area contributed by atoms with E-state index in [2.05, 4.69) is 12.1 Å². The van der Waals surface area contributed by atoms with Gasteiger partial charge in [0.15, 0.2) is 22.4 Å². The summed E-state index contributed by atoms with van der Waals surface area (Å²) < 4.78 is 41.8. The number of thiol groups is 1. The molecule has 8 aliphatic heterocycles. The summed E-state index contributed by atoms with van der Waals surface area (Å²) in [6.45, 7) is 7.32. The van der Waals surface area contributed by atoms with Crippen molar-refractivity contribution in [2.24, 2.45) is 11.8 Å². The Labute approximate surface area is 748 Å². The molecule has 4 aromatic carbocycles. The van der Waals surface area contributed by atoms with E-state index in [0.29, 0.717) is 159 Å². The Kier molecular flexibility index (Phi) is 20.9. The second kappa shape index (κ2) is 31.8. The van der Waals surface area contributed by atoms with Crippen molar-refractivity contribution in [2.45, 2.75) is 184 Å². The van der Waals surface area contributed by atoms with Crippen LogP contribution in [0.5, 0.6) is 23.0 Å². The molecule has 32 heteroatoms. The lowest BCUT2D eigenvalue weighted by Gasteiger charge is -2.49. The van der Waals surface area contributed by atoms with Gasteiger partial charge in [-0.3, -0.25) is 33.7 Å². The Morgan fingerprint density at radius 2 is 0.871 bits per heavy atom. The van der Waals surface area contributed by atoms with E-state index in [1.807, 2.05) is 50.3 Å². The minimum Gasteiger partial charge on any atom is -0.480 e. The highest BCUT2D eigenvalue weighted by Crippen LogP contribution is 2.65. The molecule has 8 aromatic rings. The average Bonchev–Trinajstić information content (AvgIpc) is 1.21. The molecule has 0 bridgehead atoms. The zero-order chi connectivity index (χ0) is 85.6. The lowest BCUT2D eigenvalue weighted by Crippen LogP contribution is -2.46. The van der Waals surface area contributed by atoms with Crippen molar-refractivity contribution in [2.75, 3.05) is 13.1 Å². The number of likely N-dealkylation sites (N-methyl/N-ethyl adjacent to an activating group) is 2. The van der Waals surface area contributed by atoms with Gasteiger partial charge in [-0.1, -0.05) is 109 Å². The fourth-order valence-electron chi connectivity index (χ4n) is 19.8. The van der Waals surface area contributed by atoms with Gasteiger partial charge in [-0.2, -0.15) is 20.3 Å². The number of ether oxygens (including phenoxy) is 6. The van der Waals surface area contributed by atoms with Gasteiger partial charge in [0, 0.05) is 46.5 Å². The lowest BCUT2D eigenvalue weighted by atomic mass is 9.63. The first-order chi connectivity index (χ1) is 60.0. The molecule has 24 nitrogen and oxygen atoms in total. The number of imide groups is 6. The lowest BCUT2D eigenvalue weighted by molar-refractivity contribution is -0.140. The number of benzene rings is 4. The van der Waals surface area contributed by atoms with Crippen molar-refractivity contribution >= 4 is 170 Å². The van der Waals surface area contributed by atoms with E-state index in [-0.39, 0.29) is 63.9 Å². The zero-order valence-corrected chi connectivity index (χ0v) is 74.3. The third-order valence-corrected chi connectivity index (χ3v) is 33.1. The number of rotatable bonds is 11. The summed E-state index contributed by atoms with van der Waals surface area (Å²) in [7, 11) is 0. The molecule has 2 saturated heterocycles. The topological polar surface area (TPSA) is 304 Å². The van der Waals surface area contributed by atoms with Crippen LogP contribution in [-0.4, -0.2) is 109 Å². The molecular formula is C92H78N10O14S8. The molecule has 5 atom stereocenters. The first-order valence-electron chi connectivity index (χ1n) is 41.7. The third-order valence-electron chi connectivity index (χ3n) is 26.0. The fraction of sp³-hybridized carbons (Fsp3) is 0.359. The van der Waals surface area contributed by atoms with Crippen LogP contribution in [0.1, 0.15) is 197 Å². The molecule has 5 unspecified atom stereocenters. The molecule has 4 spiro atoms. The van der Waals surface area contributed by atoms with Crippen molar-refractivity contribution in [1.29, 1.82) is 10.5 Å². The zero-order valence-electron chi connectivity index (χ0n) is 67.7. The van der Waals surface area contributed by atoms with Gasteiger partial charge in [-0.25, -0.2) is 29.5 Å². The molecule has 8 amide bonds. The standard InChI is InChI=1S/C92H78N10O14S8/c1-5-99-83(107)65(119-87(99)117)39-69-97-76-72(123-69)56-36-64-58(34-62(56)114-90(76)29-17-10-18-30-90)74-78(98-70(124-74)40-66-84(108)100(6-2)88(118)120-66)92(116-64)32-20-26-52(42-92)51-25-19-31-91(41-51)77-73(122-68(96-77)38-54-48(4)60(44-94)82(106)102(80(54)104)86(110)112-46-50-23-13-8-14-24-50)57-33-61-55(35-63(57)115-91)71-75(89(113-61)27-15-9-16-28-89)95-67(121-71)37-53-47(3)59(43-93)81(105)101(79(53)103)85(109)111-45-49-21-11-7-12-22-49/h7-8,11-14,21-24,33-40,51-52,87,117H,5-6,9-10,15-20,25-32,41-42,45-46H2,1-4H3/b53-37+,54-38+,65-39+,66-40+. The van der Waals surface area contributed by atoms with E-state index >= 15 is 0 Å². The number of thiocarbonyl (C=S) groups is 1. The van der Waals surface area contributed by atoms with Crippen molar-refractivity contribution in [1.82, 2.24) is 39.5 Å². The Balaban J connectivity index is 0.691. The number of carbonyl (C=O) groups excluding carboxylic acids is 8. The fourth-order valence-corrected chi connectivity index (χ4v) is 27.4. The molecule has 6 fully saturated rings. The van der Waals surface area contributed by atoms with Gasteiger partial charge in [0.05, 0.1) is 29.3 Å². The second-order valence-electron chi connectivity index (χ2n) is 33.1. The summed E-state index contributed by atoms with van der Waals surface area (Å²) in [5, 5.41) is 23.1. The molecule has 124 heavy (non-hydrogen) atoms. The van der Waals surface area contributed by atoms with Crippen LogP contribution in [0.4, 0.5) is 9.59 Å². The molecule has 12 heterocycles. The van der Waals surface area contributed by atoms with Crippen molar-refractivity contribution in [3.8, 4) is 76.9 Å². The maximum atomic E-state index is 15.0. The number of thioether (sulfide) groups is 2. The van der Waals surface area contributed by atoms with Crippen molar-refractivity contribution in [3.05, 3.63) is 182 Å². The van der Waals surface area contributed by atoms with Crippen LogP contribution in [0.25, 0.3) is 66.1 Å². The van der Waals surface area contributed by atoms with E-state index in [0.717, 1.165) is 113 Å². The molecule has 628 valence electrons. The molecular weight excluding hydrogens is 1730 g/mol. The predicted molar refractivity (Wildman–Crippen MR) is 477 cm³/mol. The largest absolute Gasteiger partial charge is 0.480 e. The molecule has 4 aromatic heterocycles. The first-order valence-corrected chi connectivity index (χ1v) is 47.6. The number of carbonyl (C=O) groups is 8. The number of nitriles is 2. The number of thiazole rings is 4. The first kappa shape index (κ1) is 81.7. The summed E-state index contributed by atoms with van der Waals surface area (Å²) in [5.74, 6) is -2.05. The smallest absolute Gasteiger partial charge is 0.424 e. The van der Waals surface area contributed by atoms with Crippen molar-refractivity contribution in [3.63, 3.8) is 0 Å². The number of nitrogens with zero attached hydrogens (tertiary/aromatic N) is 10. The van der Waals surface area contributed by atoms with Gasteiger partial charge in [-0.05, 0) is 213 Å². The number of hydrogen-bond donors (Lipinski definition) is 1. The Bertz CT molecular complexity index is 6320. The Hall–Kier alpha value is -10.7. The summed E-state index contributed by atoms with van der Waals surface area (Å²) in [6, 6.07) is 29.7. The van der Waals surface area contributed by atoms with Crippen LogP contribution in [0.3, 0.4) is 0 Å². The highest BCUT2D eigenvalue weighted by atomic mass is 32.2. The predicted octanol–water partition coefficient (Wildman–Crippen LogP) is 19.8. The maximum absolute atomic E-state index is 15.0. The van der Waals surface area contributed by atoms with Gasteiger partial charge >= 0.3 is 12.2 Å². The van der Waals surface area contributed by atoms with E-state index in [1.165, 1.54) is 83.5 Å². The van der Waals surface area contributed by atoms with Gasteiger partial charge in [0.2, 0.25) is 0 Å². The van der Waals surface area contributed by atoms with E-state index in [1.54, 1.807) is 81.8 Å². The van der Waals surface area contributed by atoms with Crippen LogP contribution in [0, 0.1) is 34.5 Å². The van der Waals surface area contributed by atoms with Gasteiger partial charge in [-0.15, -0.1) is 58.0 Å². The maximum Gasteiger partial charge on any atom is 0.424 e. The Morgan fingerprint density at radius 3 is 1.24 bits per heavy atom. The number of aromatic nitrogens is 4. The average molecular weight is 1800 g/mol. The highest BCUT2D eigenvalue weighted by Gasteiger charge is 2.56. The van der Waals surface area contributed by atoms with Crippen LogP contribution < -0.4 is 18.9 Å². The summed E-state index contributed by atoms with van der Waals surface area (Å²) in [4.78, 5) is 144. The summed E-state index contributed by atoms with van der Waals surface area (Å²) >= 11 is 18.9. The molecule has 4 saturated carbocycles. The van der Waals surface area contributed by atoms with Gasteiger partial charge < -0.3 is 33.3 Å². The highest BCUT2D eigenvalue weighted by molar-refractivity contribution is 8.26. The molecule has 0 radical (unpaired) electrons. The van der Waals surface area contributed by atoms with Crippen LogP contribution in [0.15, 0.2) is 128 Å².